The van der Waals surface area contributed by atoms with E-state index in [1.807, 2.05) is 10.6 Å². The van der Waals surface area contributed by atoms with Gasteiger partial charge in [0.1, 0.15) is 23.1 Å². The SMILES string of the molecule is O=C(CSc1nnc(N2CCCC2)n1Cc1ccco1)Nc1c(F)cccc1F. The predicted molar refractivity (Wildman–Crippen MR) is 105 cm³/mol. The number of hydrogen-bond donors (Lipinski definition) is 1. The Balaban J connectivity index is 1.48. The molecule has 1 fully saturated rings. The van der Waals surface area contributed by atoms with E-state index in [2.05, 4.69) is 20.4 Å². The summed E-state index contributed by atoms with van der Waals surface area (Å²) in [5, 5.41) is 11.3. The summed E-state index contributed by atoms with van der Waals surface area (Å²) in [5.41, 5.74) is -0.451. The second kappa shape index (κ2) is 8.64. The number of furan rings is 1. The van der Waals surface area contributed by atoms with Gasteiger partial charge in [-0.2, -0.15) is 0 Å². The van der Waals surface area contributed by atoms with Gasteiger partial charge in [0.2, 0.25) is 11.9 Å². The molecular formula is C19H19F2N5O2S. The van der Waals surface area contributed by atoms with Gasteiger partial charge < -0.3 is 14.6 Å². The highest BCUT2D eigenvalue weighted by Gasteiger charge is 2.23. The number of para-hydroxylation sites is 1. The smallest absolute Gasteiger partial charge is 0.235 e. The third-order valence-electron chi connectivity index (χ3n) is 4.54. The Morgan fingerprint density at radius 3 is 2.59 bits per heavy atom. The van der Waals surface area contributed by atoms with E-state index in [1.165, 1.54) is 6.07 Å². The van der Waals surface area contributed by atoms with Crippen LogP contribution in [0, 0.1) is 11.6 Å². The summed E-state index contributed by atoms with van der Waals surface area (Å²) in [7, 11) is 0. The molecule has 1 amide bonds. The van der Waals surface area contributed by atoms with Crippen molar-refractivity contribution in [2.45, 2.75) is 24.5 Å². The Labute approximate surface area is 170 Å². The Morgan fingerprint density at radius 2 is 1.90 bits per heavy atom. The standard InChI is InChI=1S/C19H19F2N5O2S/c20-14-6-3-7-15(21)17(14)22-16(27)12-29-19-24-23-18(25-8-1-2-9-25)26(19)11-13-5-4-10-28-13/h3-7,10H,1-2,8-9,11-12H2,(H,22,27). The van der Waals surface area contributed by atoms with Crippen LogP contribution in [0.25, 0.3) is 0 Å². The predicted octanol–water partition coefficient (Wildman–Crippen LogP) is 3.53. The molecule has 3 heterocycles. The first-order chi connectivity index (χ1) is 14.1. The summed E-state index contributed by atoms with van der Waals surface area (Å²) in [5.74, 6) is -0.771. The van der Waals surface area contributed by atoms with Crippen molar-refractivity contribution in [3.63, 3.8) is 0 Å². The van der Waals surface area contributed by atoms with Gasteiger partial charge in [-0.15, -0.1) is 10.2 Å². The zero-order chi connectivity index (χ0) is 20.2. The minimum atomic E-state index is -0.819. The lowest BCUT2D eigenvalue weighted by Crippen LogP contribution is -2.23. The highest BCUT2D eigenvalue weighted by atomic mass is 32.2. The summed E-state index contributed by atoms with van der Waals surface area (Å²) in [6.45, 7) is 2.22. The third-order valence-corrected chi connectivity index (χ3v) is 5.51. The first kappa shape index (κ1) is 19.4. The van der Waals surface area contributed by atoms with E-state index < -0.39 is 23.2 Å². The number of hydrogen-bond acceptors (Lipinski definition) is 6. The van der Waals surface area contributed by atoms with Crippen LogP contribution in [0.5, 0.6) is 0 Å². The summed E-state index contributed by atoms with van der Waals surface area (Å²) >= 11 is 1.15. The Morgan fingerprint density at radius 1 is 1.14 bits per heavy atom. The molecule has 0 bridgehead atoms. The van der Waals surface area contributed by atoms with Crippen LogP contribution in [0.15, 0.2) is 46.2 Å². The van der Waals surface area contributed by atoms with Gasteiger partial charge >= 0.3 is 0 Å². The quantitative estimate of drug-likeness (QED) is 0.591. The van der Waals surface area contributed by atoms with Crippen LogP contribution in [0.4, 0.5) is 20.4 Å². The number of anilines is 2. The number of nitrogens with zero attached hydrogens (tertiary/aromatic N) is 4. The molecule has 1 aliphatic rings. The second-order valence-electron chi connectivity index (χ2n) is 6.58. The number of benzene rings is 1. The van der Waals surface area contributed by atoms with Crippen LogP contribution < -0.4 is 10.2 Å². The second-order valence-corrected chi connectivity index (χ2v) is 7.52. The van der Waals surface area contributed by atoms with Crippen molar-refractivity contribution >= 4 is 29.3 Å². The normalized spacial score (nSPS) is 13.8. The van der Waals surface area contributed by atoms with E-state index in [0.29, 0.717) is 11.7 Å². The average Bonchev–Trinajstić information content (AvgIpc) is 3.46. The summed E-state index contributed by atoms with van der Waals surface area (Å²) in [4.78, 5) is 14.4. The molecule has 0 atom stereocenters. The lowest BCUT2D eigenvalue weighted by Gasteiger charge is -2.17. The zero-order valence-electron chi connectivity index (χ0n) is 15.5. The van der Waals surface area contributed by atoms with Gasteiger partial charge in [0, 0.05) is 13.1 Å². The molecule has 10 heteroatoms. The highest BCUT2D eigenvalue weighted by Crippen LogP contribution is 2.26. The number of carbonyl (C=O) groups excluding carboxylic acids is 1. The lowest BCUT2D eigenvalue weighted by molar-refractivity contribution is -0.113. The topological polar surface area (TPSA) is 76.2 Å². The van der Waals surface area contributed by atoms with E-state index in [9.17, 15) is 13.6 Å². The minimum Gasteiger partial charge on any atom is -0.467 e. The molecule has 7 nitrogen and oxygen atoms in total. The largest absolute Gasteiger partial charge is 0.467 e. The van der Waals surface area contributed by atoms with Crippen LogP contribution >= 0.6 is 11.8 Å². The molecule has 1 saturated heterocycles. The van der Waals surface area contributed by atoms with Gasteiger partial charge in [-0.25, -0.2) is 8.78 Å². The zero-order valence-corrected chi connectivity index (χ0v) is 16.3. The number of halogens is 2. The van der Waals surface area contributed by atoms with Crippen LogP contribution in [0.3, 0.4) is 0 Å². The molecule has 0 aliphatic carbocycles. The number of amides is 1. The molecule has 29 heavy (non-hydrogen) atoms. The van der Waals surface area contributed by atoms with Gasteiger partial charge in [0.25, 0.3) is 0 Å². The molecule has 1 aromatic carbocycles. The maximum absolute atomic E-state index is 13.7. The maximum Gasteiger partial charge on any atom is 0.235 e. The number of rotatable bonds is 7. The van der Waals surface area contributed by atoms with Crippen LogP contribution in [0.1, 0.15) is 18.6 Å². The van der Waals surface area contributed by atoms with Crippen molar-refractivity contribution in [2.24, 2.45) is 0 Å². The lowest BCUT2D eigenvalue weighted by atomic mass is 10.3. The van der Waals surface area contributed by atoms with Gasteiger partial charge in [-0.05, 0) is 37.1 Å². The van der Waals surface area contributed by atoms with Gasteiger partial charge in [0.15, 0.2) is 5.16 Å². The van der Waals surface area contributed by atoms with Gasteiger partial charge in [-0.1, -0.05) is 17.8 Å². The summed E-state index contributed by atoms with van der Waals surface area (Å²) < 4.78 is 34.8. The fourth-order valence-electron chi connectivity index (χ4n) is 3.16. The van der Waals surface area contributed by atoms with E-state index in [1.54, 1.807) is 12.3 Å². The number of nitrogens with one attached hydrogen (secondary N) is 1. The van der Waals surface area contributed by atoms with Crippen LogP contribution in [0.2, 0.25) is 0 Å². The van der Waals surface area contributed by atoms with E-state index in [0.717, 1.165) is 61.5 Å². The summed E-state index contributed by atoms with van der Waals surface area (Å²) in [6.07, 6.45) is 3.78. The molecule has 1 aliphatic heterocycles. The van der Waals surface area contributed by atoms with Crippen molar-refractivity contribution in [2.75, 3.05) is 29.1 Å². The fraction of sp³-hybridized carbons (Fsp3) is 0.316. The molecule has 152 valence electrons. The molecule has 0 radical (unpaired) electrons. The first-order valence-electron chi connectivity index (χ1n) is 9.19. The maximum atomic E-state index is 13.7. The van der Waals surface area contributed by atoms with E-state index in [-0.39, 0.29) is 5.75 Å². The molecule has 2 aromatic heterocycles. The van der Waals surface area contributed by atoms with E-state index >= 15 is 0 Å². The summed E-state index contributed by atoms with van der Waals surface area (Å²) in [6, 6.07) is 7.09. The van der Waals surface area contributed by atoms with Crippen molar-refractivity contribution in [1.82, 2.24) is 14.8 Å². The number of aromatic nitrogens is 3. The Kier molecular flexibility index (Phi) is 5.79. The van der Waals surface area contributed by atoms with Crippen LogP contribution in [-0.4, -0.2) is 39.5 Å². The van der Waals surface area contributed by atoms with Gasteiger partial charge in [0.05, 0.1) is 18.6 Å². The van der Waals surface area contributed by atoms with Crippen molar-refractivity contribution in [3.8, 4) is 0 Å². The molecule has 1 N–H and O–H groups in total. The molecular weight excluding hydrogens is 400 g/mol. The highest BCUT2D eigenvalue weighted by molar-refractivity contribution is 7.99. The van der Waals surface area contributed by atoms with Crippen LogP contribution in [-0.2, 0) is 11.3 Å². The minimum absolute atomic E-state index is 0.0654. The Bertz CT molecular complexity index is 966. The molecule has 0 unspecified atom stereocenters. The monoisotopic (exact) mass is 419 g/mol. The number of carbonyl (C=O) groups is 1. The Hall–Kier alpha value is -2.88. The van der Waals surface area contributed by atoms with Crippen molar-refractivity contribution < 1.29 is 18.0 Å². The first-order valence-corrected chi connectivity index (χ1v) is 10.2. The molecule has 3 aromatic rings. The van der Waals surface area contributed by atoms with Crippen molar-refractivity contribution in [3.05, 3.63) is 54.0 Å². The average molecular weight is 419 g/mol. The molecule has 0 spiro atoms. The van der Waals surface area contributed by atoms with E-state index in [4.69, 9.17) is 4.42 Å². The van der Waals surface area contributed by atoms with Crippen molar-refractivity contribution in [1.29, 1.82) is 0 Å². The van der Waals surface area contributed by atoms with Gasteiger partial charge in [-0.3, -0.25) is 9.36 Å². The molecule has 0 saturated carbocycles. The third kappa shape index (κ3) is 4.42. The number of thioether (sulfide) groups is 1. The molecule has 4 rings (SSSR count). The fourth-order valence-corrected chi connectivity index (χ4v) is 3.89.